The van der Waals surface area contributed by atoms with Crippen LogP contribution >= 0.6 is 0 Å². The van der Waals surface area contributed by atoms with E-state index in [0.717, 1.165) is 5.56 Å². The van der Waals surface area contributed by atoms with Crippen molar-refractivity contribution in [2.45, 2.75) is 49.5 Å². The van der Waals surface area contributed by atoms with Crippen molar-refractivity contribution in [3.8, 4) is 0 Å². The van der Waals surface area contributed by atoms with Crippen LogP contribution in [0.4, 0.5) is 0 Å². The van der Waals surface area contributed by atoms with Crippen molar-refractivity contribution in [1.29, 1.82) is 0 Å². The number of carbonyl (C=O) groups excluding carboxylic acids is 1. The van der Waals surface area contributed by atoms with E-state index in [1.807, 2.05) is 42.5 Å². The molecule has 0 aliphatic heterocycles. The molecule has 0 spiro atoms. The molecule has 0 unspecified atom stereocenters. The minimum atomic E-state index is -3.71. The lowest BCUT2D eigenvalue weighted by Crippen LogP contribution is -2.37. The SMILES string of the molecule is CN(Cc1ccccc1)C(=O)CNS(=O)(=O)c1ccc(C2CCCCC2)cc1. The smallest absolute Gasteiger partial charge is 0.241 e. The highest BCUT2D eigenvalue weighted by Gasteiger charge is 2.19. The summed E-state index contributed by atoms with van der Waals surface area (Å²) in [6.07, 6.45) is 6.12. The molecule has 0 bridgehead atoms. The predicted molar refractivity (Wildman–Crippen MR) is 110 cm³/mol. The van der Waals surface area contributed by atoms with Gasteiger partial charge in [-0.1, -0.05) is 61.7 Å². The fourth-order valence-electron chi connectivity index (χ4n) is 3.68. The van der Waals surface area contributed by atoms with Crippen LogP contribution in [0.3, 0.4) is 0 Å². The summed E-state index contributed by atoms with van der Waals surface area (Å²) >= 11 is 0. The van der Waals surface area contributed by atoms with Gasteiger partial charge in [-0.15, -0.1) is 0 Å². The Kier molecular flexibility index (Phi) is 6.86. The molecular formula is C22H28N2O3S. The van der Waals surface area contributed by atoms with Crippen molar-refractivity contribution in [2.24, 2.45) is 0 Å². The van der Waals surface area contributed by atoms with Gasteiger partial charge >= 0.3 is 0 Å². The Hall–Kier alpha value is -2.18. The quantitative estimate of drug-likeness (QED) is 0.771. The number of hydrogen-bond donors (Lipinski definition) is 1. The number of nitrogens with zero attached hydrogens (tertiary/aromatic N) is 1. The van der Waals surface area contributed by atoms with E-state index in [1.165, 1.54) is 42.6 Å². The fourth-order valence-corrected chi connectivity index (χ4v) is 4.65. The molecule has 0 aromatic heterocycles. The van der Waals surface area contributed by atoms with Gasteiger partial charge in [0, 0.05) is 13.6 Å². The summed E-state index contributed by atoms with van der Waals surface area (Å²) < 4.78 is 27.5. The molecule has 2 aromatic rings. The third-order valence-corrected chi connectivity index (χ3v) is 6.79. The minimum absolute atomic E-state index is 0.200. The first-order valence-corrected chi connectivity index (χ1v) is 11.3. The highest BCUT2D eigenvalue weighted by Crippen LogP contribution is 2.32. The highest BCUT2D eigenvalue weighted by atomic mass is 32.2. The summed E-state index contributed by atoms with van der Waals surface area (Å²) in [6.45, 7) is 0.188. The Labute approximate surface area is 167 Å². The van der Waals surface area contributed by atoms with Gasteiger partial charge in [-0.3, -0.25) is 4.79 Å². The summed E-state index contributed by atoms with van der Waals surface area (Å²) in [5.41, 5.74) is 2.21. The largest absolute Gasteiger partial charge is 0.340 e. The fraction of sp³-hybridized carbons (Fsp3) is 0.409. The van der Waals surface area contributed by atoms with E-state index >= 15 is 0 Å². The van der Waals surface area contributed by atoms with Gasteiger partial charge in [0.15, 0.2) is 0 Å². The van der Waals surface area contributed by atoms with Crippen molar-refractivity contribution in [2.75, 3.05) is 13.6 Å². The number of sulfonamides is 1. The second-order valence-corrected chi connectivity index (χ2v) is 9.23. The van der Waals surface area contributed by atoms with Gasteiger partial charge in [0.05, 0.1) is 11.4 Å². The van der Waals surface area contributed by atoms with Crippen molar-refractivity contribution in [3.63, 3.8) is 0 Å². The molecule has 28 heavy (non-hydrogen) atoms. The molecule has 6 heteroatoms. The average molecular weight is 401 g/mol. The molecule has 1 aliphatic rings. The molecule has 2 aromatic carbocycles. The topological polar surface area (TPSA) is 66.5 Å². The molecule has 1 N–H and O–H groups in total. The minimum Gasteiger partial charge on any atom is -0.340 e. The first kappa shape index (κ1) is 20.6. The van der Waals surface area contributed by atoms with Crippen LogP contribution in [-0.2, 0) is 21.4 Å². The molecule has 0 saturated heterocycles. The molecular weight excluding hydrogens is 372 g/mol. The summed E-state index contributed by atoms with van der Waals surface area (Å²) in [5, 5.41) is 0. The van der Waals surface area contributed by atoms with Gasteiger partial charge < -0.3 is 4.90 Å². The van der Waals surface area contributed by atoms with Crippen LogP contribution in [0.15, 0.2) is 59.5 Å². The first-order valence-electron chi connectivity index (χ1n) is 9.83. The van der Waals surface area contributed by atoms with E-state index in [2.05, 4.69) is 4.72 Å². The van der Waals surface area contributed by atoms with E-state index in [9.17, 15) is 13.2 Å². The van der Waals surface area contributed by atoms with Gasteiger partial charge in [-0.05, 0) is 42.0 Å². The summed E-state index contributed by atoms with van der Waals surface area (Å²) in [5.74, 6) is 0.262. The number of hydrogen-bond acceptors (Lipinski definition) is 3. The normalized spacial score (nSPS) is 15.3. The third-order valence-electron chi connectivity index (χ3n) is 5.37. The zero-order chi connectivity index (χ0) is 20.0. The van der Waals surface area contributed by atoms with Gasteiger partial charge in [-0.2, -0.15) is 0 Å². The van der Waals surface area contributed by atoms with Crippen LogP contribution in [0.1, 0.15) is 49.1 Å². The van der Waals surface area contributed by atoms with Crippen LogP contribution < -0.4 is 4.72 Å². The average Bonchev–Trinajstić information content (AvgIpc) is 2.73. The third kappa shape index (κ3) is 5.42. The zero-order valence-electron chi connectivity index (χ0n) is 16.3. The summed E-state index contributed by atoms with van der Waals surface area (Å²) in [7, 11) is -2.04. The maximum absolute atomic E-state index is 12.5. The van der Waals surface area contributed by atoms with Crippen molar-refractivity contribution >= 4 is 15.9 Å². The molecule has 1 fully saturated rings. The highest BCUT2D eigenvalue weighted by molar-refractivity contribution is 7.89. The van der Waals surface area contributed by atoms with E-state index in [0.29, 0.717) is 12.5 Å². The number of likely N-dealkylation sites (N-methyl/N-ethyl adjacent to an activating group) is 1. The van der Waals surface area contributed by atoms with Crippen LogP contribution in [0.5, 0.6) is 0 Å². The second kappa shape index (κ2) is 9.34. The monoisotopic (exact) mass is 400 g/mol. The van der Waals surface area contributed by atoms with Gasteiger partial charge in [0.2, 0.25) is 15.9 Å². The van der Waals surface area contributed by atoms with E-state index < -0.39 is 10.0 Å². The summed E-state index contributed by atoms with van der Waals surface area (Å²) in [4.78, 5) is 14.0. The molecule has 1 saturated carbocycles. The molecule has 1 amide bonds. The number of rotatable bonds is 7. The predicted octanol–water partition coefficient (Wildman–Crippen LogP) is 3.67. The van der Waals surface area contributed by atoms with E-state index in [1.54, 1.807) is 19.2 Å². The van der Waals surface area contributed by atoms with Crippen LogP contribution in [0.2, 0.25) is 0 Å². The molecule has 5 nitrogen and oxygen atoms in total. The van der Waals surface area contributed by atoms with E-state index in [4.69, 9.17) is 0 Å². The number of carbonyl (C=O) groups is 1. The van der Waals surface area contributed by atoms with Gasteiger partial charge in [0.1, 0.15) is 0 Å². The molecule has 0 atom stereocenters. The number of nitrogens with one attached hydrogen (secondary N) is 1. The van der Waals surface area contributed by atoms with Crippen molar-refractivity contribution < 1.29 is 13.2 Å². The first-order chi connectivity index (χ1) is 13.5. The Balaban J connectivity index is 1.56. The van der Waals surface area contributed by atoms with Crippen LogP contribution in [-0.4, -0.2) is 32.8 Å². The maximum Gasteiger partial charge on any atom is 0.241 e. The zero-order valence-corrected chi connectivity index (χ0v) is 17.1. The lowest BCUT2D eigenvalue weighted by Gasteiger charge is -2.22. The second-order valence-electron chi connectivity index (χ2n) is 7.46. The number of benzene rings is 2. The molecule has 3 rings (SSSR count). The Morgan fingerprint density at radius 1 is 1.00 bits per heavy atom. The van der Waals surface area contributed by atoms with Crippen molar-refractivity contribution in [3.05, 3.63) is 65.7 Å². The number of amides is 1. The standard InChI is InChI=1S/C22H28N2O3S/c1-24(17-18-8-4-2-5-9-18)22(25)16-23-28(26,27)21-14-12-20(13-15-21)19-10-6-3-7-11-19/h2,4-5,8-9,12-15,19,23H,3,6-7,10-11,16-17H2,1H3. The molecule has 0 radical (unpaired) electrons. The molecule has 1 aliphatic carbocycles. The maximum atomic E-state index is 12.5. The lowest BCUT2D eigenvalue weighted by atomic mass is 9.84. The van der Waals surface area contributed by atoms with E-state index in [-0.39, 0.29) is 17.3 Å². The Morgan fingerprint density at radius 2 is 1.64 bits per heavy atom. The molecule has 150 valence electrons. The Morgan fingerprint density at radius 3 is 2.29 bits per heavy atom. The summed E-state index contributed by atoms with van der Waals surface area (Å²) in [6, 6.07) is 16.7. The Bertz CT molecular complexity index is 874. The van der Waals surface area contributed by atoms with Gasteiger partial charge in [-0.25, -0.2) is 13.1 Å². The molecule has 0 heterocycles. The van der Waals surface area contributed by atoms with Gasteiger partial charge in [0.25, 0.3) is 0 Å². The van der Waals surface area contributed by atoms with Crippen LogP contribution in [0, 0.1) is 0 Å². The lowest BCUT2D eigenvalue weighted by molar-refractivity contribution is -0.129. The van der Waals surface area contributed by atoms with Crippen molar-refractivity contribution in [1.82, 2.24) is 9.62 Å². The van der Waals surface area contributed by atoms with Crippen LogP contribution in [0.25, 0.3) is 0 Å².